The van der Waals surface area contributed by atoms with Crippen molar-refractivity contribution in [2.75, 3.05) is 9.80 Å². The van der Waals surface area contributed by atoms with Crippen LogP contribution in [-0.2, 0) is 6.54 Å². The molecule has 0 saturated heterocycles. The monoisotopic (exact) mass is 696 g/mol. The Morgan fingerprint density at radius 2 is 0.872 bits per heavy atom. The molecule has 0 N–H and O–H groups in total. The van der Waals surface area contributed by atoms with Gasteiger partial charge >= 0.3 is 0 Å². The van der Waals surface area contributed by atoms with E-state index in [-0.39, 0.29) is 6.17 Å². The molecule has 3 aromatic rings. The number of rotatable bonds is 16. The molecule has 3 nitrogen and oxygen atoms in total. The van der Waals surface area contributed by atoms with Gasteiger partial charge in [-0.2, -0.15) is 4.57 Å². The van der Waals surface area contributed by atoms with Crippen LogP contribution in [0.5, 0.6) is 0 Å². The Morgan fingerprint density at radius 1 is 0.532 bits per heavy atom. The topological polar surface area (TPSA) is 10.4 Å². The van der Waals surface area contributed by atoms with Gasteiger partial charge < -0.3 is 9.80 Å². The van der Waals surface area contributed by atoms with Crippen LogP contribution in [0.2, 0.25) is 5.02 Å². The second-order valence-electron chi connectivity index (χ2n) is 13.1. The number of halogens is 3. The molecule has 0 saturated carbocycles. The highest BCUT2D eigenvalue weighted by atomic mass is 35.5. The summed E-state index contributed by atoms with van der Waals surface area (Å²) in [4.78, 5) is 4.78. The van der Waals surface area contributed by atoms with E-state index in [0.29, 0.717) is 45.6 Å². The first kappa shape index (κ1) is 37.6. The van der Waals surface area contributed by atoms with Crippen molar-refractivity contribution in [1.82, 2.24) is 0 Å². The van der Waals surface area contributed by atoms with Crippen molar-refractivity contribution in [3.05, 3.63) is 98.5 Å². The third-order valence-electron chi connectivity index (χ3n) is 10.8. The quantitative estimate of drug-likeness (QED) is 0.109. The zero-order valence-electron chi connectivity index (χ0n) is 30.0. The number of benzene rings is 2. The van der Waals surface area contributed by atoms with E-state index in [1.54, 1.807) is 0 Å². The van der Waals surface area contributed by atoms with Crippen LogP contribution in [0.4, 0.5) is 11.4 Å². The maximum Gasteiger partial charge on any atom is 0.187 e. The summed E-state index contributed by atoms with van der Waals surface area (Å²) in [5.41, 5.74) is 7.91. The Bertz CT molecular complexity index is 1340. The zero-order chi connectivity index (χ0) is 34.2. The van der Waals surface area contributed by atoms with Gasteiger partial charge in [-0.15, -0.1) is 0 Å². The lowest BCUT2D eigenvalue weighted by molar-refractivity contribution is -0.698. The highest BCUT2D eigenvalue weighted by molar-refractivity contribution is 6.42. The molecule has 1 aliphatic heterocycles. The van der Waals surface area contributed by atoms with E-state index in [9.17, 15) is 0 Å². The van der Waals surface area contributed by atoms with Crippen LogP contribution >= 0.6 is 34.8 Å². The Hall–Kier alpha value is -2.20. The normalized spacial score (nSPS) is 14.3. The minimum absolute atomic E-state index is 0.203. The lowest BCUT2D eigenvalue weighted by Gasteiger charge is -2.38. The molecule has 0 fully saturated rings. The minimum atomic E-state index is -0.203. The molecule has 1 aromatic heterocycles. The Kier molecular flexibility index (Phi) is 14.0. The molecular weight excluding hydrogens is 641 g/mol. The largest absolute Gasteiger partial charge is 0.302 e. The molecule has 2 aromatic carbocycles. The number of pyridine rings is 1. The van der Waals surface area contributed by atoms with Crippen LogP contribution < -0.4 is 14.4 Å². The maximum atomic E-state index is 7.62. The lowest BCUT2D eigenvalue weighted by atomic mass is 9.84. The highest BCUT2D eigenvalue weighted by Gasteiger charge is 2.45. The van der Waals surface area contributed by atoms with Crippen molar-refractivity contribution in [3.63, 3.8) is 0 Å². The van der Waals surface area contributed by atoms with Crippen LogP contribution in [0.15, 0.2) is 71.2 Å². The zero-order valence-corrected chi connectivity index (χ0v) is 32.3. The fraction of sp³-hybridized carbons (Fsp3) is 0.537. The van der Waals surface area contributed by atoms with Crippen molar-refractivity contribution < 1.29 is 4.57 Å². The molecular formula is C41H57Cl3N3+. The standard InChI is InChI=1S/C41H57Cl3N3/c1-9-28(10-2)33-21-17-22-34(29(11-3)12-4)38(33)46-37(27-45-25-19-20-32(42)26-45)47(41(44)40(46)43)39-35(30(13-5)14-6)23-18-24-36(39)31(15-7)16-8/h17-26,28-31,37H,9-16,27H2,1-8H3/q+1. The summed E-state index contributed by atoms with van der Waals surface area (Å²) in [5, 5.41) is 1.90. The average molecular weight is 698 g/mol. The van der Waals surface area contributed by atoms with Gasteiger partial charge in [0.15, 0.2) is 25.1 Å². The smallest absolute Gasteiger partial charge is 0.187 e. The van der Waals surface area contributed by atoms with Gasteiger partial charge in [-0.1, -0.05) is 127 Å². The third-order valence-corrected chi connectivity index (χ3v) is 11.8. The van der Waals surface area contributed by atoms with Crippen LogP contribution in [0.3, 0.4) is 0 Å². The Balaban J connectivity index is 2.11. The molecule has 6 heteroatoms. The molecule has 47 heavy (non-hydrogen) atoms. The van der Waals surface area contributed by atoms with Crippen molar-refractivity contribution in [2.45, 2.75) is 143 Å². The molecule has 0 aliphatic carbocycles. The maximum absolute atomic E-state index is 7.62. The van der Waals surface area contributed by atoms with E-state index in [1.807, 2.05) is 18.3 Å². The second-order valence-corrected chi connectivity index (χ2v) is 14.3. The first-order chi connectivity index (χ1) is 22.7. The van der Waals surface area contributed by atoms with E-state index < -0.39 is 0 Å². The molecule has 4 rings (SSSR count). The van der Waals surface area contributed by atoms with Gasteiger partial charge in [-0.3, -0.25) is 0 Å². The first-order valence-corrected chi connectivity index (χ1v) is 19.4. The fourth-order valence-corrected chi connectivity index (χ4v) is 8.75. The summed E-state index contributed by atoms with van der Waals surface area (Å²) in [6, 6.07) is 17.8. The summed E-state index contributed by atoms with van der Waals surface area (Å²) in [6.45, 7) is 19.0. The van der Waals surface area contributed by atoms with E-state index in [1.165, 1.54) is 33.6 Å². The van der Waals surface area contributed by atoms with Gasteiger partial charge in [0.2, 0.25) is 0 Å². The van der Waals surface area contributed by atoms with E-state index in [2.05, 4.69) is 112 Å². The van der Waals surface area contributed by atoms with Crippen LogP contribution in [-0.4, -0.2) is 6.17 Å². The number of hydrogen-bond donors (Lipinski definition) is 0. The predicted molar refractivity (Wildman–Crippen MR) is 205 cm³/mol. The third kappa shape index (κ3) is 7.68. The molecule has 256 valence electrons. The van der Waals surface area contributed by atoms with Crippen LogP contribution in [0.1, 0.15) is 153 Å². The van der Waals surface area contributed by atoms with Crippen LogP contribution in [0, 0.1) is 0 Å². The van der Waals surface area contributed by atoms with E-state index in [4.69, 9.17) is 34.8 Å². The first-order valence-electron chi connectivity index (χ1n) is 18.3. The Labute approximate surface area is 300 Å². The van der Waals surface area contributed by atoms with Gasteiger partial charge in [0.1, 0.15) is 15.3 Å². The fourth-order valence-electron chi connectivity index (χ4n) is 7.97. The molecule has 0 bridgehead atoms. The van der Waals surface area contributed by atoms with Gasteiger partial charge in [-0.05, 0) is 103 Å². The van der Waals surface area contributed by atoms with Crippen molar-refractivity contribution in [3.8, 4) is 0 Å². The molecule has 0 atom stereocenters. The minimum Gasteiger partial charge on any atom is -0.302 e. The van der Waals surface area contributed by atoms with Crippen LogP contribution in [0.25, 0.3) is 0 Å². The van der Waals surface area contributed by atoms with Gasteiger partial charge in [-0.25, -0.2) is 0 Å². The van der Waals surface area contributed by atoms with Crippen molar-refractivity contribution in [1.29, 1.82) is 0 Å². The Morgan fingerprint density at radius 3 is 1.17 bits per heavy atom. The number of nitrogens with zero attached hydrogens (tertiary/aromatic N) is 3. The van der Waals surface area contributed by atoms with Crippen molar-refractivity contribution >= 4 is 46.2 Å². The summed E-state index contributed by atoms with van der Waals surface area (Å²) in [6.07, 6.45) is 12.4. The van der Waals surface area contributed by atoms with Gasteiger partial charge in [0.05, 0.1) is 11.4 Å². The van der Waals surface area contributed by atoms with Gasteiger partial charge in [0, 0.05) is 6.07 Å². The SMILES string of the molecule is CCC(CC)c1cccc(C(CC)CC)c1N1C(Cl)=C(Cl)N(c2c(C(CC)CC)cccc2C(CC)CC)C1C[n+]1cccc(Cl)c1. The second kappa shape index (κ2) is 17.5. The summed E-state index contributed by atoms with van der Waals surface area (Å²) in [5.74, 6) is 1.64. The summed E-state index contributed by atoms with van der Waals surface area (Å²) < 4.78 is 2.19. The number of anilines is 2. The molecule has 0 spiro atoms. The number of hydrogen-bond acceptors (Lipinski definition) is 2. The number of para-hydroxylation sites is 2. The molecule has 0 amide bonds. The lowest BCUT2D eigenvalue weighted by Crippen LogP contribution is -2.52. The average Bonchev–Trinajstić information content (AvgIpc) is 3.31. The van der Waals surface area contributed by atoms with E-state index in [0.717, 1.165) is 51.4 Å². The van der Waals surface area contributed by atoms with Gasteiger partial charge in [0.25, 0.3) is 0 Å². The highest BCUT2D eigenvalue weighted by Crippen LogP contribution is 2.51. The number of aromatic nitrogens is 1. The molecule has 2 heterocycles. The molecule has 0 radical (unpaired) electrons. The molecule has 0 unspecified atom stereocenters. The summed E-state index contributed by atoms with van der Waals surface area (Å²) in [7, 11) is 0. The predicted octanol–water partition coefficient (Wildman–Crippen LogP) is 13.2. The van der Waals surface area contributed by atoms with Crippen molar-refractivity contribution in [2.24, 2.45) is 0 Å². The summed E-state index contributed by atoms with van der Waals surface area (Å²) >= 11 is 21.8. The van der Waals surface area contributed by atoms with E-state index >= 15 is 0 Å². The molecule has 1 aliphatic rings.